The van der Waals surface area contributed by atoms with Crippen LogP contribution in [0.4, 0.5) is 4.39 Å². The molecule has 0 saturated carbocycles. The van der Waals surface area contributed by atoms with Crippen LogP contribution in [0, 0.1) is 17.1 Å². The first-order valence-electron chi connectivity index (χ1n) is 6.30. The van der Waals surface area contributed by atoms with Gasteiger partial charge in [0.15, 0.2) is 0 Å². The van der Waals surface area contributed by atoms with Gasteiger partial charge in [-0.3, -0.25) is 0 Å². The Kier molecular flexibility index (Phi) is 7.04. The molecule has 1 unspecified atom stereocenters. The van der Waals surface area contributed by atoms with E-state index in [0.717, 1.165) is 6.42 Å². The molecule has 0 saturated heterocycles. The number of nitrogens with zero attached hydrogens (tertiary/aromatic N) is 1. The maximum atomic E-state index is 13.7. The fourth-order valence-corrected chi connectivity index (χ4v) is 1.72. The standard InChI is InChI=1S/C14H19FN2O2/c1-11(17-5-2-7-19-8-6-18)13-4-3-12(10-16)9-14(13)15/h3-4,9,11,17-18H,2,5-8H2,1H3. The summed E-state index contributed by atoms with van der Waals surface area (Å²) in [7, 11) is 0. The maximum absolute atomic E-state index is 13.7. The van der Waals surface area contributed by atoms with Crippen LogP contribution in [0.2, 0.25) is 0 Å². The quantitative estimate of drug-likeness (QED) is 0.703. The molecular formula is C14H19FN2O2. The lowest BCUT2D eigenvalue weighted by atomic mass is 10.1. The lowest BCUT2D eigenvalue weighted by Crippen LogP contribution is -2.22. The summed E-state index contributed by atoms with van der Waals surface area (Å²) in [6.45, 7) is 3.52. The topological polar surface area (TPSA) is 65.3 Å². The van der Waals surface area contributed by atoms with Crippen LogP contribution in [0.15, 0.2) is 18.2 Å². The summed E-state index contributed by atoms with van der Waals surface area (Å²) in [5.74, 6) is -0.365. The van der Waals surface area contributed by atoms with Gasteiger partial charge in [-0.25, -0.2) is 4.39 Å². The zero-order valence-electron chi connectivity index (χ0n) is 11.0. The third kappa shape index (κ3) is 5.35. The van der Waals surface area contributed by atoms with Gasteiger partial charge in [0.05, 0.1) is 24.8 Å². The predicted octanol–water partition coefficient (Wildman–Crippen LogP) is 1.75. The van der Waals surface area contributed by atoms with Crippen LogP contribution in [0.5, 0.6) is 0 Å². The molecule has 19 heavy (non-hydrogen) atoms. The van der Waals surface area contributed by atoms with Crippen molar-refractivity contribution in [3.63, 3.8) is 0 Å². The number of aliphatic hydroxyl groups is 1. The third-order valence-corrected chi connectivity index (χ3v) is 2.75. The van der Waals surface area contributed by atoms with E-state index in [1.807, 2.05) is 13.0 Å². The summed E-state index contributed by atoms with van der Waals surface area (Å²) in [4.78, 5) is 0. The van der Waals surface area contributed by atoms with Crippen LogP contribution in [0.1, 0.15) is 30.5 Å². The molecule has 1 aromatic carbocycles. The lowest BCUT2D eigenvalue weighted by Gasteiger charge is -2.15. The largest absolute Gasteiger partial charge is 0.394 e. The minimum atomic E-state index is -0.365. The molecule has 5 heteroatoms. The minimum Gasteiger partial charge on any atom is -0.394 e. The highest BCUT2D eigenvalue weighted by molar-refractivity contribution is 5.34. The highest BCUT2D eigenvalue weighted by Gasteiger charge is 2.10. The highest BCUT2D eigenvalue weighted by atomic mass is 19.1. The van der Waals surface area contributed by atoms with Crippen molar-refractivity contribution in [1.82, 2.24) is 5.32 Å². The van der Waals surface area contributed by atoms with E-state index in [1.54, 1.807) is 12.1 Å². The number of hydrogen-bond acceptors (Lipinski definition) is 4. The first-order valence-corrected chi connectivity index (χ1v) is 6.30. The average Bonchev–Trinajstić information content (AvgIpc) is 2.42. The molecule has 0 amide bonds. The fourth-order valence-electron chi connectivity index (χ4n) is 1.72. The van der Waals surface area contributed by atoms with Gasteiger partial charge in [-0.1, -0.05) is 6.07 Å². The van der Waals surface area contributed by atoms with Crippen LogP contribution in [-0.2, 0) is 4.74 Å². The van der Waals surface area contributed by atoms with E-state index in [0.29, 0.717) is 30.9 Å². The number of hydrogen-bond donors (Lipinski definition) is 2. The first kappa shape index (κ1) is 15.6. The highest BCUT2D eigenvalue weighted by Crippen LogP contribution is 2.17. The second-order valence-electron chi connectivity index (χ2n) is 4.21. The van der Waals surface area contributed by atoms with Gasteiger partial charge < -0.3 is 15.2 Å². The van der Waals surface area contributed by atoms with Crippen LogP contribution < -0.4 is 5.32 Å². The number of aliphatic hydroxyl groups excluding tert-OH is 1. The minimum absolute atomic E-state index is 0.0281. The summed E-state index contributed by atoms with van der Waals surface area (Å²) in [5, 5.41) is 20.4. The number of nitrogens with one attached hydrogen (secondary N) is 1. The normalized spacial score (nSPS) is 12.1. The summed E-state index contributed by atoms with van der Waals surface area (Å²) in [6.07, 6.45) is 0.794. The molecule has 4 nitrogen and oxygen atoms in total. The molecule has 0 aliphatic heterocycles. The van der Waals surface area contributed by atoms with Gasteiger partial charge in [0.2, 0.25) is 0 Å². The van der Waals surface area contributed by atoms with Crippen LogP contribution in [-0.4, -0.2) is 31.5 Å². The van der Waals surface area contributed by atoms with Gasteiger partial charge in [-0.2, -0.15) is 5.26 Å². The van der Waals surface area contributed by atoms with Crippen LogP contribution in [0.25, 0.3) is 0 Å². The zero-order chi connectivity index (χ0) is 14.1. The Morgan fingerprint density at radius 1 is 1.47 bits per heavy atom. The smallest absolute Gasteiger partial charge is 0.129 e. The van der Waals surface area contributed by atoms with Crippen LogP contribution >= 0.6 is 0 Å². The molecule has 0 bridgehead atoms. The van der Waals surface area contributed by atoms with E-state index in [9.17, 15) is 4.39 Å². The second-order valence-corrected chi connectivity index (χ2v) is 4.21. The van der Waals surface area contributed by atoms with E-state index in [1.165, 1.54) is 6.07 Å². The van der Waals surface area contributed by atoms with Crippen LogP contribution in [0.3, 0.4) is 0 Å². The molecule has 1 rings (SSSR count). The van der Waals surface area contributed by atoms with Crippen molar-refractivity contribution in [3.8, 4) is 6.07 Å². The Bertz CT molecular complexity index is 432. The number of nitriles is 1. The summed E-state index contributed by atoms with van der Waals surface area (Å²) in [6, 6.07) is 6.28. The van der Waals surface area contributed by atoms with Gasteiger partial charge in [0.1, 0.15) is 5.82 Å². The van der Waals surface area contributed by atoms with E-state index in [4.69, 9.17) is 15.1 Å². The van der Waals surface area contributed by atoms with Gasteiger partial charge >= 0.3 is 0 Å². The zero-order valence-corrected chi connectivity index (χ0v) is 11.0. The molecule has 2 N–H and O–H groups in total. The Labute approximate surface area is 112 Å². The number of benzene rings is 1. The molecule has 1 atom stereocenters. The lowest BCUT2D eigenvalue weighted by molar-refractivity contribution is 0.0904. The molecular weight excluding hydrogens is 247 g/mol. The molecule has 104 valence electrons. The molecule has 1 aromatic rings. The Morgan fingerprint density at radius 3 is 2.89 bits per heavy atom. The Hall–Kier alpha value is -1.48. The van der Waals surface area contributed by atoms with Crippen molar-refractivity contribution in [2.24, 2.45) is 0 Å². The van der Waals surface area contributed by atoms with Gasteiger partial charge in [-0.05, 0) is 32.0 Å². The number of halogens is 1. The Balaban J connectivity index is 2.37. The molecule has 0 aromatic heterocycles. The summed E-state index contributed by atoms with van der Waals surface area (Å²) >= 11 is 0. The van der Waals surface area contributed by atoms with Crippen molar-refractivity contribution < 1.29 is 14.2 Å². The van der Waals surface area contributed by atoms with Crippen molar-refractivity contribution in [2.45, 2.75) is 19.4 Å². The molecule has 0 fully saturated rings. The first-order chi connectivity index (χ1) is 9.19. The van der Waals surface area contributed by atoms with Gasteiger partial charge in [0, 0.05) is 18.2 Å². The van der Waals surface area contributed by atoms with E-state index < -0.39 is 0 Å². The maximum Gasteiger partial charge on any atom is 0.129 e. The van der Waals surface area contributed by atoms with Crippen molar-refractivity contribution in [2.75, 3.05) is 26.4 Å². The van der Waals surface area contributed by atoms with Crippen molar-refractivity contribution >= 4 is 0 Å². The Morgan fingerprint density at radius 2 is 2.26 bits per heavy atom. The average molecular weight is 266 g/mol. The van der Waals surface area contributed by atoms with E-state index >= 15 is 0 Å². The van der Waals surface area contributed by atoms with Gasteiger partial charge in [0.25, 0.3) is 0 Å². The third-order valence-electron chi connectivity index (χ3n) is 2.75. The number of ether oxygens (including phenoxy) is 1. The van der Waals surface area contributed by atoms with Crippen molar-refractivity contribution in [1.29, 1.82) is 5.26 Å². The fraction of sp³-hybridized carbons (Fsp3) is 0.500. The molecule has 0 heterocycles. The monoisotopic (exact) mass is 266 g/mol. The molecule has 0 aliphatic rings. The summed E-state index contributed by atoms with van der Waals surface area (Å²) in [5.41, 5.74) is 0.876. The predicted molar refractivity (Wildman–Crippen MR) is 70.1 cm³/mol. The van der Waals surface area contributed by atoms with Crippen molar-refractivity contribution in [3.05, 3.63) is 35.1 Å². The van der Waals surface area contributed by atoms with E-state index in [2.05, 4.69) is 5.32 Å². The number of rotatable bonds is 8. The SMILES string of the molecule is CC(NCCCOCCO)c1ccc(C#N)cc1F. The van der Waals surface area contributed by atoms with Gasteiger partial charge in [-0.15, -0.1) is 0 Å². The second kappa shape index (κ2) is 8.59. The molecule has 0 radical (unpaired) electrons. The van der Waals surface area contributed by atoms with E-state index in [-0.39, 0.29) is 18.5 Å². The summed E-state index contributed by atoms with van der Waals surface area (Å²) < 4.78 is 18.8. The molecule has 0 aliphatic carbocycles. The molecule has 0 spiro atoms.